The van der Waals surface area contributed by atoms with E-state index < -0.39 is 5.41 Å². The summed E-state index contributed by atoms with van der Waals surface area (Å²) in [6.07, 6.45) is 11.0. The van der Waals surface area contributed by atoms with Gasteiger partial charge in [0.25, 0.3) is 0 Å². The van der Waals surface area contributed by atoms with Crippen LogP contribution in [0.15, 0.2) is 24.3 Å². The van der Waals surface area contributed by atoms with Crippen LogP contribution in [0.5, 0.6) is 0 Å². The lowest BCUT2D eigenvalue weighted by molar-refractivity contribution is -0.172. The van der Waals surface area contributed by atoms with E-state index in [4.69, 9.17) is 9.47 Å². The molecule has 0 aromatic carbocycles. The number of carbonyl (C=O) groups excluding carboxylic acids is 1. The van der Waals surface area contributed by atoms with Crippen LogP contribution in [0.2, 0.25) is 0 Å². The van der Waals surface area contributed by atoms with Crippen molar-refractivity contribution in [3.05, 3.63) is 24.3 Å². The SMILES string of the molecule is C=C[C@]1(C)C=C2[C@@H](OC)C[C@@H]3[C@](C)(CCC[C@@]3(C)C(=O)OC)[C@H]2CC1. The van der Waals surface area contributed by atoms with Crippen molar-refractivity contribution in [3.8, 4) is 0 Å². The molecule has 2 saturated carbocycles. The largest absolute Gasteiger partial charge is 0.469 e. The topological polar surface area (TPSA) is 35.5 Å². The van der Waals surface area contributed by atoms with Gasteiger partial charge in [0.2, 0.25) is 0 Å². The van der Waals surface area contributed by atoms with E-state index in [0.717, 1.165) is 32.1 Å². The Morgan fingerprint density at radius 1 is 1.24 bits per heavy atom. The summed E-state index contributed by atoms with van der Waals surface area (Å²) in [5.41, 5.74) is 1.25. The fourth-order valence-corrected chi connectivity index (χ4v) is 6.28. The highest BCUT2D eigenvalue weighted by Gasteiger charge is 2.60. The standard InChI is InChI=1S/C22H34O3/c1-7-20(2)12-9-16-15(14-20)17(24-5)13-18-21(16,3)10-8-11-22(18,4)19(23)25-6/h7,14,16-18H,1,8-13H2,2-6H3/t16-,17-,18+,20-,21+,22+/m0/s1. The number of hydrogen-bond acceptors (Lipinski definition) is 3. The van der Waals surface area contributed by atoms with Crippen molar-refractivity contribution >= 4 is 5.97 Å². The van der Waals surface area contributed by atoms with Crippen LogP contribution >= 0.6 is 0 Å². The third-order valence-corrected chi connectivity index (χ3v) is 7.87. The fraction of sp³-hybridized carbons (Fsp3) is 0.773. The molecule has 0 aromatic heterocycles. The highest BCUT2D eigenvalue weighted by atomic mass is 16.5. The Bertz CT molecular complexity index is 594. The van der Waals surface area contributed by atoms with Crippen molar-refractivity contribution in [3.63, 3.8) is 0 Å². The first-order valence-electron chi connectivity index (χ1n) is 9.71. The molecule has 3 aliphatic rings. The van der Waals surface area contributed by atoms with Gasteiger partial charge < -0.3 is 9.47 Å². The predicted octanol–water partition coefficient (Wildman–Crippen LogP) is 4.92. The van der Waals surface area contributed by atoms with E-state index in [9.17, 15) is 4.79 Å². The van der Waals surface area contributed by atoms with Crippen LogP contribution < -0.4 is 0 Å². The van der Waals surface area contributed by atoms with Gasteiger partial charge >= 0.3 is 5.97 Å². The molecule has 0 amide bonds. The van der Waals surface area contributed by atoms with Crippen LogP contribution in [-0.2, 0) is 14.3 Å². The van der Waals surface area contributed by atoms with Gasteiger partial charge in [0.05, 0.1) is 18.6 Å². The molecule has 0 unspecified atom stereocenters. The van der Waals surface area contributed by atoms with Crippen LogP contribution in [0.25, 0.3) is 0 Å². The lowest BCUT2D eigenvalue weighted by atomic mass is 9.44. The maximum Gasteiger partial charge on any atom is 0.311 e. The van der Waals surface area contributed by atoms with E-state index in [-0.39, 0.29) is 22.9 Å². The van der Waals surface area contributed by atoms with Crippen LogP contribution in [0.1, 0.15) is 59.3 Å². The summed E-state index contributed by atoms with van der Waals surface area (Å²) in [6, 6.07) is 0. The Kier molecular flexibility index (Phi) is 4.68. The summed E-state index contributed by atoms with van der Waals surface area (Å²) in [5.74, 6) is 0.757. The second kappa shape index (κ2) is 6.26. The molecule has 6 atom stereocenters. The van der Waals surface area contributed by atoms with Crippen LogP contribution in [-0.4, -0.2) is 26.3 Å². The Morgan fingerprint density at radius 2 is 1.96 bits per heavy atom. The van der Waals surface area contributed by atoms with E-state index in [1.165, 1.54) is 19.1 Å². The van der Waals surface area contributed by atoms with Crippen LogP contribution in [0.3, 0.4) is 0 Å². The van der Waals surface area contributed by atoms with Gasteiger partial charge in [-0.15, -0.1) is 6.58 Å². The normalized spacial score (nSPS) is 46.4. The van der Waals surface area contributed by atoms with Crippen molar-refractivity contribution in [2.24, 2.45) is 28.1 Å². The molecule has 3 aliphatic carbocycles. The molecule has 25 heavy (non-hydrogen) atoms. The Hall–Kier alpha value is -1.09. The first-order chi connectivity index (χ1) is 11.7. The quantitative estimate of drug-likeness (QED) is 0.537. The molecule has 3 heteroatoms. The summed E-state index contributed by atoms with van der Waals surface area (Å²) in [7, 11) is 3.33. The van der Waals surface area contributed by atoms with Gasteiger partial charge in [-0.25, -0.2) is 0 Å². The van der Waals surface area contributed by atoms with Gasteiger partial charge in [0.1, 0.15) is 0 Å². The number of allylic oxidation sites excluding steroid dienone is 2. The summed E-state index contributed by atoms with van der Waals surface area (Å²) >= 11 is 0. The van der Waals surface area contributed by atoms with Crippen molar-refractivity contribution < 1.29 is 14.3 Å². The predicted molar refractivity (Wildman–Crippen MR) is 100 cm³/mol. The van der Waals surface area contributed by atoms with Gasteiger partial charge in [0, 0.05) is 12.5 Å². The summed E-state index contributed by atoms with van der Waals surface area (Å²) in [5, 5.41) is 0. The Labute approximate surface area is 152 Å². The van der Waals surface area contributed by atoms with Gasteiger partial charge in [-0.2, -0.15) is 0 Å². The van der Waals surface area contributed by atoms with Crippen molar-refractivity contribution in [2.45, 2.75) is 65.4 Å². The van der Waals surface area contributed by atoms with Crippen molar-refractivity contribution in [1.82, 2.24) is 0 Å². The average molecular weight is 347 g/mol. The monoisotopic (exact) mass is 346 g/mol. The minimum absolute atomic E-state index is 0.0440. The van der Waals surface area contributed by atoms with E-state index in [1.54, 1.807) is 0 Å². The molecule has 0 aliphatic heterocycles. The highest BCUT2D eigenvalue weighted by Crippen LogP contribution is 2.64. The van der Waals surface area contributed by atoms with Gasteiger partial charge in [-0.1, -0.05) is 32.4 Å². The molecule has 0 heterocycles. The molecule has 0 bridgehead atoms. The summed E-state index contributed by atoms with van der Waals surface area (Å²) < 4.78 is 11.2. The summed E-state index contributed by atoms with van der Waals surface area (Å²) in [6.45, 7) is 10.9. The number of rotatable bonds is 3. The van der Waals surface area contributed by atoms with Crippen molar-refractivity contribution in [2.75, 3.05) is 14.2 Å². The number of hydrogen-bond donors (Lipinski definition) is 0. The lowest BCUT2D eigenvalue weighted by Crippen LogP contribution is -2.57. The maximum atomic E-state index is 12.7. The van der Waals surface area contributed by atoms with E-state index in [2.05, 4.69) is 39.5 Å². The molecule has 3 rings (SSSR count). The average Bonchev–Trinajstić information content (AvgIpc) is 2.60. The number of carbonyl (C=O) groups is 1. The number of esters is 1. The molecule has 0 spiro atoms. The zero-order chi connectivity index (χ0) is 18.5. The zero-order valence-corrected chi connectivity index (χ0v) is 16.6. The third-order valence-electron chi connectivity index (χ3n) is 7.87. The highest BCUT2D eigenvalue weighted by molar-refractivity contribution is 5.77. The van der Waals surface area contributed by atoms with Crippen LogP contribution in [0, 0.1) is 28.1 Å². The van der Waals surface area contributed by atoms with E-state index in [0.29, 0.717) is 11.8 Å². The van der Waals surface area contributed by atoms with Crippen molar-refractivity contribution in [1.29, 1.82) is 0 Å². The second-order valence-electron chi connectivity index (χ2n) is 9.23. The molecule has 0 N–H and O–H groups in total. The fourth-order valence-electron chi connectivity index (χ4n) is 6.28. The molecular weight excluding hydrogens is 312 g/mol. The zero-order valence-electron chi connectivity index (χ0n) is 16.6. The molecule has 2 fully saturated rings. The molecule has 0 radical (unpaired) electrons. The minimum atomic E-state index is -0.400. The molecule has 0 aromatic rings. The molecule has 3 nitrogen and oxygen atoms in total. The first-order valence-corrected chi connectivity index (χ1v) is 9.71. The Balaban J connectivity index is 2.06. The number of fused-ring (bicyclic) bond motifs is 3. The summed E-state index contributed by atoms with van der Waals surface area (Å²) in [4.78, 5) is 12.7. The Morgan fingerprint density at radius 3 is 2.56 bits per heavy atom. The van der Waals surface area contributed by atoms with Gasteiger partial charge in [-0.3, -0.25) is 4.79 Å². The number of methoxy groups -OCH3 is 2. The first kappa shape index (κ1) is 18.7. The number of ether oxygens (including phenoxy) is 2. The smallest absolute Gasteiger partial charge is 0.311 e. The minimum Gasteiger partial charge on any atom is -0.469 e. The molecular formula is C22H34O3. The van der Waals surface area contributed by atoms with Gasteiger partial charge in [0.15, 0.2) is 0 Å². The second-order valence-corrected chi connectivity index (χ2v) is 9.23. The maximum absolute atomic E-state index is 12.7. The molecule has 140 valence electrons. The van der Waals surface area contributed by atoms with E-state index in [1.807, 2.05) is 7.11 Å². The van der Waals surface area contributed by atoms with E-state index >= 15 is 0 Å². The lowest BCUT2D eigenvalue weighted by Gasteiger charge is -2.60. The van der Waals surface area contributed by atoms with Crippen LogP contribution in [0.4, 0.5) is 0 Å². The third kappa shape index (κ3) is 2.70. The molecule has 0 saturated heterocycles. The van der Waals surface area contributed by atoms with Gasteiger partial charge in [-0.05, 0) is 61.9 Å².